The van der Waals surface area contributed by atoms with E-state index < -0.39 is 9.84 Å². The predicted octanol–water partition coefficient (Wildman–Crippen LogP) is 2.40. The van der Waals surface area contributed by atoms with Gasteiger partial charge in [0.2, 0.25) is 0 Å². The number of para-hydroxylation sites is 1. The Labute approximate surface area is 153 Å². The molecule has 2 aliphatic rings. The number of sulfone groups is 1. The minimum atomic E-state index is -3.00. The minimum Gasteiger partial charge on any atom is -0.310 e. The molecule has 1 fully saturated rings. The van der Waals surface area contributed by atoms with E-state index in [0.717, 1.165) is 42.6 Å². The zero-order chi connectivity index (χ0) is 18.3. The molecule has 0 unspecified atom stereocenters. The summed E-state index contributed by atoms with van der Waals surface area (Å²) in [5, 5.41) is 4.65. The van der Waals surface area contributed by atoms with E-state index in [4.69, 9.17) is 0 Å². The molecule has 0 radical (unpaired) electrons. The first-order valence-electron chi connectivity index (χ1n) is 9.10. The number of nitrogens with zero attached hydrogens (tertiary/aromatic N) is 3. The van der Waals surface area contributed by atoms with Crippen LogP contribution >= 0.6 is 0 Å². The highest BCUT2D eigenvalue weighted by atomic mass is 32.2. The van der Waals surface area contributed by atoms with Crippen LogP contribution in [0, 0.1) is 0 Å². The van der Waals surface area contributed by atoms with Gasteiger partial charge in [-0.25, -0.2) is 8.42 Å². The van der Waals surface area contributed by atoms with Gasteiger partial charge >= 0.3 is 0 Å². The third kappa shape index (κ3) is 3.05. The largest absolute Gasteiger partial charge is 0.310 e. The topological polar surface area (TPSA) is 72.3 Å². The molecule has 1 aromatic carbocycles. The van der Waals surface area contributed by atoms with Crippen molar-refractivity contribution in [3.8, 4) is 0 Å². The minimum absolute atomic E-state index is 0.128. The fourth-order valence-electron chi connectivity index (χ4n) is 4.00. The zero-order valence-electron chi connectivity index (χ0n) is 14.9. The van der Waals surface area contributed by atoms with Gasteiger partial charge in [-0.2, -0.15) is 5.10 Å². The number of carbonyl (C=O) groups excluding carboxylic acids is 1. The number of anilines is 1. The summed E-state index contributed by atoms with van der Waals surface area (Å²) in [6, 6.07) is 9.36. The highest BCUT2D eigenvalue weighted by Gasteiger charge is 2.35. The molecule has 1 saturated heterocycles. The Hall–Kier alpha value is -2.15. The van der Waals surface area contributed by atoms with Gasteiger partial charge < -0.3 is 4.90 Å². The van der Waals surface area contributed by atoms with Crippen molar-refractivity contribution in [1.29, 1.82) is 0 Å². The van der Waals surface area contributed by atoms with Crippen LogP contribution in [0.5, 0.6) is 0 Å². The van der Waals surface area contributed by atoms with E-state index in [1.165, 1.54) is 0 Å². The monoisotopic (exact) mass is 373 g/mol. The molecule has 6 nitrogen and oxygen atoms in total. The standard InChI is InChI=1S/C19H23N3O3S/c1-21(14-7-3-2-4-8-14)19(23)18-16-9-5-6-10-17(16)22(20-18)15-11-12-26(24,25)13-15/h2-4,7-8,15H,5-6,9-13H2,1H3/t15-/m1/s1. The molecule has 26 heavy (non-hydrogen) atoms. The van der Waals surface area contributed by atoms with Crippen molar-refractivity contribution >= 4 is 21.4 Å². The molecule has 1 aromatic heterocycles. The van der Waals surface area contributed by atoms with E-state index in [2.05, 4.69) is 5.10 Å². The molecule has 4 rings (SSSR count). The number of aromatic nitrogens is 2. The summed E-state index contributed by atoms with van der Waals surface area (Å²) in [5.41, 5.74) is 3.37. The quantitative estimate of drug-likeness (QED) is 0.828. The van der Waals surface area contributed by atoms with Gasteiger partial charge in [0, 0.05) is 24.0 Å². The lowest BCUT2D eigenvalue weighted by atomic mass is 9.95. The van der Waals surface area contributed by atoms with Crippen LogP contribution in [0.15, 0.2) is 30.3 Å². The Morgan fingerprint density at radius 2 is 1.92 bits per heavy atom. The smallest absolute Gasteiger partial charge is 0.278 e. The maximum absolute atomic E-state index is 13.1. The molecule has 1 amide bonds. The number of amides is 1. The van der Waals surface area contributed by atoms with Crippen LogP contribution in [-0.4, -0.2) is 42.7 Å². The molecule has 0 saturated carbocycles. The lowest BCUT2D eigenvalue weighted by molar-refractivity contribution is 0.0986. The summed E-state index contributed by atoms with van der Waals surface area (Å²) in [7, 11) is -1.24. The number of rotatable bonds is 3. The molecule has 1 aliphatic carbocycles. The second kappa shape index (κ2) is 6.54. The molecule has 0 spiro atoms. The molecule has 7 heteroatoms. The third-order valence-electron chi connectivity index (χ3n) is 5.41. The van der Waals surface area contributed by atoms with Crippen molar-refractivity contribution < 1.29 is 13.2 Å². The van der Waals surface area contributed by atoms with Crippen LogP contribution in [0.4, 0.5) is 5.69 Å². The molecule has 2 aromatic rings. The summed E-state index contributed by atoms with van der Waals surface area (Å²) < 4.78 is 25.7. The number of hydrogen-bond donors (Lipinski definition) is 0. The van der Waals surface area contributed by atoms with E-state index in [9.17, 15) is 13.2 Å². The Bertz CT molecular complexity index is 934. The fourth-order valence-corrected chi connectivity index (χ4v) is 5.69. The summed E-state index contributed by atoms with van der Waals surface area (Å²) in [6.07, 6.45) is 4.37. The Morgan fingerprint density at radius 1 is 1.19 bits per heavy atom. The van der Waals surface area contributed by atoms with Gasteiger partial charge in [-0.1, -0.05) is 18.2 Å². The lowest BCUT2D eigenvalue weighted by Crippen LogP contribution is -2.28. The summed E-state index contributed by atoms with van der Waals surface area (Å²) in [6.45, 7) is 0. The molecule has 0 bridgehead atoms. The van der Waals surface area contributed by atoms with Crippen LogP contribution in [0.3, 0.4) is 0 Å². The van der Waals surface area contributed by atoms with Crippen molar-refractivity contribution in [1.82, 2.24) is 9.78 Å². The average molecular weight is 373 g/mol. The second-order valence-corrected chi connectivity index (χ2v) is 9.41. The molecule has 1 aliphatic heterocycles. The van der Waals surface area contributed by atoms with Crippen molar-refractivity contribution in [2.24, 2.45) is 0 Å². The maximum atomic E-state index is 13.1. The first-order valence-corrected chi connectivity index (χ1v) is 10.9. The molecular formula is C19H23N3O3S. The van der Waals surface area contributed by atoms with Crippen LogP contribution in [0.1, 0.15) is 47.1 Å². The van der Waals surface area contributed by atoms with Gasteiger partial charge in [0.25, 0.3) is 5.91 Å². The van der Waals surface area contributed by atoms with Gasteiger partial charge in [0.1, 0.15) is 0 Å². The van der Waals surface area contributed by atoms with Gasteiger partial charge in [-0.05, 0) is 44.2 Å². The SMILES string of the molecule is CN(C(=O)c1nn([C@@H]2CCS(=O)(=O)C2)c2c1CCCC2)c1ccccc1. The highest BCUT2D eigenvalue weighted by molar-refractivity contribution is 7.91. The van der Waals surface area contributed by atoms with E-state index in [1.54, 1.807) is 11.9 Å². The number of carbonyl (C=O) groups is 1. The third-order valence-corrected chi connectivity index (χ3v) is 7.16. The summed E-state index contributed by atoms with van der Waals surface area (Å²) >= 11 is 0. The first kappa shape index (κ1) is 17.3. The molecular weight excluding hydrogens is 350 g/mol. The normalized spacial score (nSPS) is 21.3. The van der Waals surface area contributed by atoms with E-state index in [-0.39, 0.29) is 23.5 Å². The molecule has 138 valence electrons. The van der Waals surface area contributed by atoms with Crippen molar-refractivity contribution in [3.63, 3.8) is 0 Å². The van der Waals surface area contributed by atoms with Crippen molar-refractivity contribution in [2.75, 3.05) is 23.5 Å². The molecule has 0 N–H and O–H groups in total. The summed E-state index contributed by atoms with van der Waals surface area (Å²) in [5.74, 6) is 0.205. The van der Waals surface area contributed by atoms with Crippen LogP contribution in [0.25, 0.3) is 0 Å². The van der Waals surface area contributed by atoms with E-state index in [0.29, 0.717) is 12.1 Å². The highest BCUT2D eigenvalue weighted by Crippen LogP contribution is 2.32. The Balaban J connectivity index is 1.72. The number of benzene rings is 1. The van der Waals surface area contributed by atoms with Crippen LogP contribution in [-0.2, 0) is 22.7 Å². The Kier molecular flexibility index (Phi) is 4.34. The number of fused-ring (bicyclic) bond motifs is 1. The van der Waals surface area contributed by atoms with Gasteiger partial charge in [0.15, 0.2) is 15.5 Å². The molecule has 2 heterocycles. The van der Waals surface area contributed by atoms with Gasteiger partial charge in [-0.15, -0.1) is 0 Å². The summed E-state index contributed by atoms with van der Waals surface area (Å²) in [4.78, 5) is 14.7. The second-order valence-electron chi connectivity index (χ2n) is 7.18. The van der Waals surface area contributed by atoms with Crippen LogP contribution < -0.4 is 4.90 Å². The average Bonchev–Trinajstić information content (AvgIpc) is 3.21. The van der Waals surface area contributed by atoms with Gasteiger partial charge in [-0.3, -0.25) is 9.48 Å². The van der Waals surface area contributed by atoms with Gasteiger partial charge in [0.05, 0.1) is 17.5 Å². The first-order chi connectivity index (χ1) is 12.5. The van der Waals surface area contributed by atoms with E-state index in [1.807, 2.05) is 35.0 Å². The van der Waals surface area contributed by atoms with E-state index >= 15 is 0 Å². The Morgan fingerprint density at radius 3 is 2.62 bits per heavy atom. The maximum Gasteiger partial charge on any atom is 0.278 e. The molecule has 1 atom stereocenters. The lowest BCUT2D eigenvalue weighted by Gasteiger charge is -2.18. The predicted molar refractivity (Wildman–Crippen MR) is 100 cm³/mol. The fraction of sp³-hybridized carbons (Fsp3) is 0.474. The van der Waals surface area contributed by atoms with Crippen molar-refractivity contribution in [3.05, 3.63) is 47.3 Å². The zero-order valence-corrected chi connectivity index (χ0v) is 15.7. The van der Waals surface area contributed by atoms with Crippen LogP contribution in [0.2, 0.25) is 0 Å². The number of hydrogen-bond acceptors (Lipinski definition) is 4. The van der Waals surface area contributed by atoms with Crippen molar-refractivity contribution in [2.45, 2.75) is 38.1 Å².